The van der Waals surface area contributed by atoms with Gasteiger partial charge in [-0.15, -0.1) is 0 Å². The van der Waals surface area contributed by atoms with Gasteiger partial charge >= 0.3 is 11.6 Å². The fourth-order valence-corrected chi connectivity index (χ4v) is 1.50. The Bertz CT molecular complexity index is 741. The molecule has 0 fully saturated rings. The first-order chi connectivity index (χ1) is 10.0. The van der Waals surface area contributed by atoms with Crippen LogP contribution in [0.1, 0.15) is 5.56 Å². The summed E-state index contributed by atoms with van der Waals surface area (Å²) in [5.41, 5.74) is 5.22. The number of nitrogens with zero attached hydrogens (tertiary/aromatic N) is 4. The second-order valence-electron chi connectivity index (χ2n) is 3.79. The summed E-state index contributed by atoms with van der Waals surface area (Å²) >= 11 is 0. The molecule has 0 spiro atoms. The Balaban J connectivity index is 2.45. The van der Waals surface area contributed by atoms with Gasteiger partial charge < -0.3 is 15.2 Å². The summed E-state index contributed by atoms with van der Waals surface area (Å²) in [5, 5.41) is 19.8. The Morgan fingerprint density at radius 2 is 2.10 bits per heavy atom. The first-order valence-corrected chi connectivity index (χ1v) is 5.57. The average Bonchev–Trinajstić information content (AvgIpc) is 2.46. The summed E-state index contributed by atoms with van der Waals surface area (Å²) in [4.78, 5) is 17.4. The van der Waals surface area contributed by atoms with Crippen molar-refractivity contribution in [1.82, 2.24) is 9.97 Å². The second-order valence-corrected chi connectivity index (χ2v) is 3.79. The van der Waals surface area contributed by atoms with Gasteiger partial charge in [-0.2, -0.15) is 10.2 Å². The number of nitrogens with two attached hydrogens (primary N) is 1. The van der Waals surface area contributed by atoms with E-state index in [1.165, 1.54) is 25.3 Å². The fraction of sp³-hybridized carbons (Fsp3) is 0.0833. The van der Waals surface area contributed by atoms with Crippen LogP contribution in [0, 0.1) is 21.4 Å². The number of rotatable bonds is 4. The lowest BCUT2D eigenvalue weighted by molar-refractivity contribution is -0.386. The van der Waals surface area contributed by atoms with Crippen LogP contribution in [0.4, 0.5) is 11.6 Å². The molecule has 0 aliphatic carbocycles. The molecular weight excluding hydrogens is 278 g/mol. The lowest BCUT2D eigenvalue weighted by Crippen LogP contribution is -2.01. The van der Waals surface area contributed by atoms with E-state index in [2.05, 4.69) is 9.97 Å². The highest BCUT2D eigenvalue weighted by atomic mass is 16.6. The number of methoxy groups -OCH3 is 1. The Morgan fingerprint density at radius 3 is 2.71 bits per heavy atom. The van der Waals surface area contributed by atoms with Crippen LogP contribution in [0.5, 0.6) is 17.4 Å². The Kier molecular flexibility index (Phi) is 3.80. The van der Waals surface area contributed by atoms with E-state index in [-0.39, 0.29) is 23.1 Å². The van der Waals surface area contributed by atoms with Gasteiger partial charge in [0.1, 0.15) is 17.7 Å². The van der Waals surface area contributed by atoms with E-state index in [0.717, 1.165) is 6.20 Å². The molecule has 0 unspecified atom stereocenters. The first-order valence-electron chi connectivity index (χ1n) is 5.57. The smallest absolute Gasteiger partial charge is 0.349 e. The molecule has 0 radical (unpaired) electrons. The van der Waals surface area contributed by atoms with E-state index in [9.17, 15) is 10.1 Å². The predicted octanol–water partition coefficient (Wildman–Crippen LogP) is 1.64. The summed E-state index contributed by atoms with van der Waals surface area (Å²) in [6.45, 7) is 0. The molecule has 21 heavy (non-hydrogen) atoms. The van der Waals surface area contributed by atoms with Gasteiger partial charge in [0.15, 0.2) is 0 Å². The lowest BCUT2D eigenvalue weighted by Gasteiger charge is -2.07. The third kappa shape index (κ3) is 3.13. The van der Waals surface area contributed by atoms with Gasteiger partial charge in [-0.1, -0.05) is 0 Å². The monoisotopic (exact) mass is 287 g/mol. The number of hydrogen-bond acceptors (Lipinski definition) is 8. The minimum Gasteiger partial charge on any atom is -0.497 e. The minimum absolute atomic E-state index is 0.159. The zero-order valence-electron chi connectivity index (χ0n) is 10.8. The van der Waals surface area contributed by atoms with Crippen molar-refractivity contribution in [2.24, 2.45) is 0 Å². The molecule has 2 aromatic rings. The standard InChI is InChI=1S/C12H9N5O4/c1-20-8-2-7(5-13)3-9(4-8)21-11-10(17(18)19)6-15-12(14)16-11/h2-4,6H,1H3,(H2,14,15,16). The molecule has 2 N–H and O–H groups in total. The Labute approximate surface area is 118 Å². The van der Waals surface area contributed by atoms with Crippen molar-refractivity contribution in [1.29, 1.82) is 5.26 Å². The Hall–Kier alpha value is -3.41. The quantitative estimate of drug-likeness (QED) is 0.661. The third-order valence-electron chi connectivity index (χ3n) is 2.41. The molecule has 1 aromatic carbocycles. The number of benzene rings is 1. The van der Waals surface area contributed by atoms with Crippen LogP contribution in [0.15, 0.2) is 24.4 Å². The summed E-state index contributed by atoms with van der Waals surface area (Å²) < 4.78 is 10.3. The molecular formula is C12H9N5O4. The van der Waals surface area contributed by atoms with Crippen LogP contribution >= 0.6 is 0 Å². The van der Waals surface area contributed by atoms with Crippen molar-refractivity contribution in [3.8, 4) is 23.4 Å². The minimum atomic E-state index is -0.694. The summed E-state index contributed by atoms with van der Waals surface area (Å²) in [6.07, 6.45) is 0.947. The zero-order chi connectivity index (χ0) is 15.4. The normalized spacial score (nSPS) is 9.71. The van der Waals surface area contributed by atoms with Crippen molar-refractivity contribution >= 4 is 11.6 Å². The molecule has 0 amide bonds. The van der Waals surface area contributed by atoms with E-state index >= 15 is 0 Å². The van der Waals surface area contributed by atoms with Crippen LogP contribution in [0.25, 0.3) is 0 Å². The number of nitriles is 1. The maximum absolute atomic E-state index is 10.9. The van der Waals surface area contributed by atoms with Crippen LogP contribution in [0.2, 0.25) is 0 Å². The summed E-state index contributed by atoms with van der Waals surface area (Å²) in [5.74, 6) is 0.0458. The van der Waals surface area contributed by atoms with Crippen LogP contribution in [0.3, 0.4) is 0 Å². The van der Waals surface area contributed by atoms with Crippen LogP contribution in [-0.4, -0.2) is 22.0 Å². The van der Waals surface area contributed by atoms with E-state index in [1.807, 2.05) is 6.07 Å². The molecule has 9 nitrogen and oxygen atoms in total. The van der Waals surface area contributed by atoms with E-state index < -0.39 is 10.6 Å². The van der Waals surface area contributed by atoms with Gasteiger partial charge in [0.25, 0.3) is 0 Å². The van der Waals surface area contributed by atoms with Gasteiger partial charge in [0.05, 0.1) is 23.7 Å². The van der Waals surface area contributed by atoms with Gasteiger partial charge in [-0.3, -0.25) is 10.1 Å². The molecule has 0 bridgehead atoms. The molecule has 9 heteroatoms. The topological polar surface area (TPSA) is 137 Å². The SMILES string of the molecule is COc1cc(C#N)cc(Oc2nc(N)ncc2[N+](=O)[O-])c1. The fourth-order valence-electron chi connectivity index (χ4n) is 1.50. The van der Waals surface area contributed by atoms with Crippen LogP contribution in [-0.2, 0) is 0 Å². The van der Waals surface area contributed by atoms with Gasteiger partial charge in [0.2, 0.25) is 5.95 Å². The van der Waals surface area contributed by atoms with Crippen molar-refractivity contribution in [2.75, 3.05) is 12.8 Å². The van der Waals surface area contributed by atoms with Gasteiger partial charge in [-0.25, -0.2) is 4.98 Å². The third-order valence-corrected chi connectivity index (χ3v) is 2.41. The van der Waals surface area contributed by atoms with E-state index in [0.29, 0.717) is 5.75 Å². The maximum Gasteiger partial charge on any atom is 0.349 e. The van der Waals surface area contributed by atoms with Gasteiger partial charge in [-0.05, 0) is 12.1 Å². The van der Waals surface area contributed by atoms with Crippen molar-refractivity contribution in [3.63, 3.8) is 0 Å². The highest BCUT2D eigenvalue weighted by molar-refractivity contribution is 5.48. The number of aromatic nitrogens is 2. The van der Waals surface area contributed by atoms with E-state index in [1.54, 1.807) is 0 Å². The number of anilines is 1. The first kappa shape index (κ1) is 14.0. The largest absolute Gasteiger partial charge is 0.497 e. The number of nitrogen functional groups attached to an aromatic ring is 1. The van der Waals surface area contributed by atoms with Gasteiger partial charge in [0, 0.05) is 6.07 Å². The molecule has 1 heterocycles. The summed E-state index contributed by atoms with van der Waals surface area (Å²) in [7, 11) is 1.42. The molecule has 0 atom stereocenters. The molecule has 0 aliphatic rings. The number of nitro groups is 1. The molecule has 106 valence electrons. The highest BCUT2D eigenvalue weighted by Gasteiger charge is 2.19. The van der Waals surface area contributed by atoms with Crippen molar-refractivity contribution in [2.45, 2.75) is 0 Å². The molecule has 2 rings (SSSR count). The zero-order valence-corrected chi connectivity index (χ0v) is 10.8. The van der Waals surface area contributed by atoms with Crippen molar-refractivity contribution in [3.05, 3.63) is 40.1 Å². The van der Waals surface area contributed by atoms with Crippen molar-refractivity contribution < 1.29 is 14.4 Å². The maximum atomic E-state index is 10.9. The predicted molar refractivity (Wildman–Crippen MR) is 70.9 cm³/mol. The molecule has 0 saturated heterocycles. The highest BCUT2D eigenvalue weighted by Crippen LogP contribution is 2.31. The Morgan fingerprint density at radius 1 is 1.38 bits per heavy atom. The van der Waals surface area contributed by atoms with Crippen LogP contribution < -0.4 is 15.2 Å². The summed E-state index contributed by atoms with van der Waals surface area (Å²) in [6, 6.07) is 6.28. The number of ether oxygens (including phenoxy) is 2. The average molecular weight is 287 g/mol. The van der Waals surface area contributed by atoms with E-state index in [4.69, 9.17) is 20.5 Å². The molecule has 0 saturated carbocycles. The second kappa shape index (κ2) is 5.70. The lowest BCUT2D eigenvalue weighted by atomic mass is 10.2. The molecule has 1 aromatic heterocycles. The molecule has 0 aliphatic heterocycles. The number of hydrogen-bond donors (Lipinski definition) is 1.